The van der Waals surface area contributed by atoms with Gasteiger partial charge in [0, 0.05) is 7.05 Å². The van der Waals surface area contributed by atoms with Crippen molar-refractivity contribution in [2.75, 3.05) is 21.3 Å². The Morgan fingerprint density at radius 2 is 1.18 bits per heavy atom. The Labute approximate surface area is 231 Å². The van der Waals surface area contributed by atoms with Crippen LogP contribution in [0.25, 0.3) is 0 Å². The van der Waals surface area contributed by atoms with Gasteiger partial charge in [0.15, 0.2) is 11.5 Å². The van der Waals surface area contributed by atoms with E-state index in [9.17, 15) is 4.21 Å². The first-order valence-corrected chi connectivity index (χ1v) is 15.1. The van der Waals surface area contributed by atoms with Crippen molar-refractivity contribution in [2.45, 2.75) is 31.6 Å². The molecule has 0 saturated carbocycles. The van der Waals surface area contributed by atoms with Crippen LogP contribution in [0.5, 0.6) is 11.5 Å². The molecule has 4 aromatic rings. The summed E-state index contributed by atoms with van der Waals surface area (Å²) < 4.78 is 27.0. The van der Waals surface area contributed by atoms with Gasteiger partial charge in [0.05, 0.1) is 25.0 Å². The second-order valence-corrected chi connectivity index (χ2v) is 14.5. The first kappa shape index (κ1) is 28.0. The highest BCUT2D eigenvalue weighted by Gasteiger charge is 2.34. The largest absolute Gasteiger partial charge is 0.493 e. The molecule has 0 spiro atoms. The number of rotatable bonds is 9. The summed E-state index contributed by atoms with van der Waals surface area (Å²) in [4.78, 5) is 0. The van der Waals surface area contributed by atoms with Crippen molar-refractivity contribution in [3.63, 3.8) is 0 Å². The lowest BCUT2D eigenvalue weighted by molar-refractivity contribution is 0.353. The Balaban J connectivity index is 2.06. The highest BCUT2D eigenvalue weighted by molar-refractivity contribution is 7.84. The number of hydrogen-bond donors (Lipinski definition) is 0. The van der Waals surface area contributed by atoms with Gasteiger partial charge in [0.25, 0.3) is 0 Å². The molecule has 0 fully saturated rings. The lowest BCUT2D eigenvalue weighted by atomic mass is 9.98. The van der Waals surface area contributed by atoms with Crippen LogP contribution in [0.2, 0.25) is 0 Å². The lowest BCUT2D eigenvalue weighted by Crippen LogP contribution is -2.39. The topological polar surface area (TPSA) is 38.8 Å². The zero-order chi connectivity index (χ0) is 27.3. The first-order valence-electron chi connectivity index (χ1n) is 12.6. The van der Waals surface area contributed by atoms with Crippen molar-refractivity contribution >= 4 is 34.8 Å². The van der Waals surface area contributed by atoms with Gasteiger partial charge >= 0.3 is 0 Å². The maximum atomic E-state index is 13.8. The van der Waals surface area contributed by atoms with Crippen LogP contribution in [-0.4, -0.2) is 34.5 Å². The fraction of sp³-hybridized carbons (Fsp3) is 0.250. The fourth-order valence-corrected chi connectivity index (χ4v) is 8.40. The van der Waals surface area contributed by atoms with E-state index >= 15 is 0 Å². The standard InChI is InChI=1S/C32H36NO3PS/c1-32(2,3)38(34)33(4)31(24-16-10-7-11-17-24)27-22-28(35-5)29(36-6)23-30(27)37(25-18-12-8-13-19-25)26-20-14-9-15-21-26/h7-23,31H,1-6H3. The van der Waals surface area contributed by atoms with Crippen molar-refractivity contribution in [3.05, 3.63) is 114 Å². The summed E-state index contributed by atoms with van der Waals surface area (Å²) in [5.74, 6) is 1.33. The molecule has 4 nitrogen and oxygen atoms in total. The molecule has 0 radical (unpaired) electrons. The van der Waals surface area contributed by atoms with Gasteiger partial charge in [-0.25, -0.2) is 8.51 Å². The van der Waals surface area contributed by atoms with Crippen molar-refractivity contribution in [1.82, 2.24) is 4.31 Å². The number of benzene rings is 4. The highest BCUT2D eigenvalue weighted by atomic mass is 32.2. The minimum atomic E-state index is -1.27. The molecule has 0 aliphatic carbocycles. The average molecular weight is 546 g/mol. The van der Waals surface area contributed by atoms with Crippen LogP contribution in [0.1, 0.15) is 37.9 Å². The van der Waals surface area contributed by atoms with E-state index < -0.39 is 23.7 Å². The van der Waals surface area contributed by atoms with Crippen LogP contribution in [0.3, 0.4) is 0 Å². The summed E-state index contributed by atoms with van der Waals surface area (Å²) in [6, 6.07) is 35.4. The van der Waals surface area contributed by atoms with E-state index in [0.717, 1.165) is 16.4 Å². The van der Waals surface area contributed by atoms with Crippen LogP contribution in [0.15, 0.2) is 103 Å². The van der Waals surface area contributed by atoms with Gasteiger partial charge in [0.2, 0.25) is 0 Å². The summed E-state index contributed by atoms with van der Waals surface area (Å²) in [6.07, 6.45) is 0. The van der Waals surface area contributed by atoms with Gasteiger partial charge in [-0.05, 0) is 67.9 Å². The van der Waals surface area contributed by atoms with E-state index in [0.29, 0.717) is 11.5 Å². The van der Waals surface area contributed by atoms with Gasteiger partial charge in [-0.3, -0.25) is 0 Å². The Morgan fingerprint density at radius 3 is 1.63 bits per heavy atom. The number of hydrogen-bond acceptors (Lipinski definition) is 3. The van der Waals surface area contributed by atoms with Crippen molar-refractivity contribution in [2.24, 2.45) is 0 Å². The van der Waals surface area contributed by atoms with E-state index in [1.54, 1.807) is 14.2 Å². The molecular formula is C32H36NO3PS. The van der Waals surface area contributed by atoms with E-state index in [-0.39, 0.29) is 6.04 Å². The smallest absolute Gasteiger partial charge is 0.161 e. The Hall–Kier alpha value is -2.98. The third-order valence-electron chi connectivity index (χ3n) is 6.36. The molecule has 4 aromatic carbocycles. The maximum absolute atomic E-state index is 13.8. The number of nitrogens with zero attached hydrogens (tertiary/aromatic N) is 1. The minimum absolute atomic E-state index is 0.275. The van der Waals surface area contributed by atoms with Gasteiger partial charge in [-0.2, -0.15) is 0 Å². The maximum Gasteiger partial charge on any atom is 0.161 e. The van der Waals surface area contributed by atoms with Crippen LogP contribution < -0.4 is 25.4 Å². The molecule has 4 rings (SSSR count). The molecule has 38 heavy (non-hydrogen) atoms. The molecule has 0 aliphatic rings. The zero-order valence-electron chi connectivity index (χ0n) is 22.9. The van der Waals surface area contributed by atoms with Crippen molar-refractivity contribution in [3.8, 4) is 11.5 Å². The molecule has 2 atom stereocenters. The first-order chi connectivity index (χ1) is 18.3. The second-order valence-electron chi connectivity index (χ2n) is 9.99. The van der Waals surface area contributed by atoms with Crippen LogP contribution >= 0.6 is 7.92 Å². The molecule has 0 amide bonds. The SMILES string of the molecule is COc1cc(C(c2ccccc2)N(C)S(=O)C(C)(C)C)c(P(c2ccccc2)c2ccccc2)cc1OC. The molecular weight excluding hydrogens is 509 g/mol. The van der Waals surface area contributed by atoms with Crippen LogP contribution in [0, 0.1) is 0 Å². The van der Waals surface area contributed by atoms with E-state index in [1.165, 1.54) is 10.6 Å². The Bertz CT molecular complexity index is 1320. The molecule has 0 bridgehead atoms. The van der Waals surface area contributed by atoms with Gasteiger partial charge in [-0.15, -0.1) is 0 Å². The molecule has 0 saturated heterocycles. The lowest BCUT2D eigenvalue weighted by Gasteiger charge is -2.35. The summed E-state index contributed by atoms with van der Waals surface area (Å²) in [5.41, 5.74) is 2.12. The summed E-state index contributed by atoms with van der Waals surface area (Å²) in [6.45, 7) is 6.04. The molecule has 0 aromatic heterocycles. The molecule has 6 heteroatoms. The van der Waals surface area contributed by atoms with Gasteiger partial charge < -0.3 is 9.47 Å². The van der Waals surface area contributed by atoms with E-state index in [4.69, 9.17) is 9.47 Å². The summed E-state index contributed by atoms with van der Waals surface area (Å²) in [7, 11) is 3.05. The molecule has 198 valence electrons. The highest BCUT2D eigenvalue weighted by Crippen LogP contribution is 2.43. The van der Waals surface area contributed by atoms with E-state index in [1.807, 2.05) is 62.5 Å². The molecule has 0 aliphatic heterocycles. The van der Waals surface area contributed by atoms with Gasteiger partial charge in [-0.1, -0.05) is 91.0 Å². The van der Waals surface area contributed by atoms with Gasteiger partial charge in [0.1, 0.15) is 11.0 Å². The monoisotopic (exact) mass is 545 g/mol. The average Bonchev–Trinajstić information content (AvgIpc) is 2.94. The predicted molar refractivity (Wildman–Crippen MR) is 162 cm³/mol. The summed E-state index contributed by atoms with van der Waals surface area (Å²) >= 11 is 0. The van der Waals surface area contributed by atoms with Crippen LogP contribution in [0.4, 0.5) is 0 Å². The molecule has 2 unspecified atom stereocenters. The fourth-order valence-electron chi connectivity index (χ4n) is 4.63. The zero-order valence-corrected chi connectivity index (χ0v) is 24.6. The molecule has 0 heterocycles. The molecule has 0 N–H and O–H groups in total. The van der Waals surface area contributed by atoms with Crippen LogP contribution in [-0.2, 0) is 11.0 Å². The third-order valence-corrected chi connectivity index (χ3v) is 10.6. The predicted octanol–water partition coefficient (Wildman–Crippen LogP) is 5.95. The third kappa shape index (κ3) is 6.02. The Morgan fingerprint density at radius 1 is 0.737 bits per heavy atom. The van der Waals surface area contributed by atoms with E-state index in [2.05, 4.69) is 72.8 Å². The normalized spacial score (nSPS) is 13.4. The van der Waals surface area contributed by atoms with Crippen molar-refractivity contribution in [1.29, 1.82) is 0 Å². The second kappa shape index (κ2) is 12.3. The number of ether oxygens (including phenoxy) is 2. The minimum Gasteiger partial charge on any atom is -0.493 e. The van der Waals surface area contributed by atoms with Crippen molar-refractivity contribution < 1.29 is 13.7 Å². The quantitative estimate of drug-likeness (QED) is 0.244. The summed E-state index contributed by atoms with van der Waals surface area (Å²) in [5, 5.41) is 3.60. The number of methoxy groups -OCH3 is 2. The Kier molecular flexibility index (Phi) is 9.04.